The molecule has 1 aliphatic rings. The molecule has 1 aliphatic carbocycles. The number of nitrogens with zero attached hydrogens (tertiary/aromatic N) is 1. The molecule has 1 heterocycles. The summed E-state index contributed by atoms with van der Waals surface area (Å²) in [5.74, 6) is 1.49. The van der Waals surface area contributed by atoms with E-state index >= 15 is 0 Å². The summed E-state index contributed by atoms with van der Waals surface area (Å²) in [6.45, 7) is 2.28. The van der Waals surface area contributed by atoms with Crippen molar-refractivity contribution < 1.29 is 4.42 Å². The molecular weight excluding hydrogens is 212 g/mol. The molecule has 0 bridgehead atoms. The van der Waals surface area contributed by atoms with Crippen LogP contribution in [-0.2, 0) is 5.54 Å². The molecule has 2 N–H and O–H groups in total. The van der Waals surface area contributed by atoms with Gasteiger partial charge in [-0.1, -0.05) is 19.1 Å². The minimum atomic E-state index is -0.356. The van der Waals surface area contributed by atoms with Gasteiger partial charge in [0.1, 0.15) is 5.52 Å². The summed E-state index contributed by atoms with van der Waals surface area (Å²) >= 11 is 0. The van der Waals surface area contributed by atoms with Gasteiger partial charge in [-0.05, 0) is 43.7 Å². The SMILES string of the molecule is CC1CCC(N)(c2nc3ccccc3o2)CC1. The van der Waals surface area contributed by atoms with E-state index in [4.69, 9.17) is 10.2 Å². The van der Waals surface area contributed by atoms with Crippen molar-refractivity contribution in [1.29, 1.82) is 0 Å². The molecule has 1 aromatic carbocycles. The number of rotatable bonds is 1. The van der Waals surface area contributed by atoms with Crippen LogP contribution in [0.25, 0.3) is 11.1 Å². The fourth-order valence-electron chi connectivity index (χ4n) is 2.58. The van der Waals surface area contributed by atoms with E-state index in [0.29, 0.717) is 5.89 Å². The number of para-hydroxylation sites is 2. The summed E-state index contributed by atoms with van der Waals surface area (Å²) in [5.41, 5.74) is 7.84. The second-order valence-corrected chi connectivity index (χ2v) is 5.33. The molecule has 0 radical (unpaired) electrons. The van der Waals surface area contributed by atoms with E-state index in [1.807, 2.05) is 24.3 Å². The second-order valence-electron chi connectivity index (χ2n) is 5.33. The van der Waals surface area contributed by atoms with Crippen LogP contribution in [0.4, 0.5) is 0 Å². The van der Waals surface area contributed by atoms with Crippen molar-refractivity contribution in [1.82, 2.24) is 4.98 Å². The van der Waals surface area contributed by atoms with Crippen molar-refractivity contribution in [2.75, 3.05) is 0 Å². The van der Waals surface area contributed by atoms with Crippen LogP contribution < -0.4 is 5.73 Å². The van der Waals surface area contributed by atoms with Crippen LogP contribution in [0.1, 0.15) is 38.5 Å². The Bertz CT molecular complexity index is 491. The molecule has 0 spiro atoms. The smallest absolute Gasteiger partial charge is 0.215 e. The summed E-state index contributed by atoms with van der Waals surface area (Å²) in [6.07, 6.45) is 4.27. The number of nitrogens with two attached hydrogens (primary N) is 1. The Morgan fingerprint density at radius 2 is 2.00 bits per heavy atom. The minimum absolute atomic E-state index is 0.356. The normalized spacial score (nSPS) is 29.6. The maximum absolute atomic E-state index is 6.45. The Balaban J connectivity index is 1.97. The number of oxazole rings is 1. The van der Waals surface area contributed by atoms with Crippen LogP contribution in [0.3, 0.4) is 0 Å². The first kappa shape index (κ1) is 10.8. The first-order chi connectivity index (χ1) is 8.17. The zero-order chi connectivity index (χ0) is 11.9. The second kappa shape index (κ2) is 3.84. The third-order valence-corrected chi connectivity index (χ3v) is 3.89. The molecule has 1 aromatic heterocycles. The number of benzene rings is 1. The van der Waals surface area contributed by atoms with Gasteiger partial charge in [-0.3, -0.25) is 0 Å². The lowest BCUT2D eigenvalue weighted by molar-refractivity contribution is 0.209. The molecule has 1 saturated carbocycles. The Hall–Kier alpha value is -1.35. The van der Waals surface area contributed by atoms with E-state index in [9.17, 15) is 0 Å². The fraction of sp³-hybridized carbons (Fsp3) is 0.500. The molecule has 0 saturated heterocycles. The molecule has 1 fully saturated rings. The van der Waals surface area contributed by atoms with Gasteiger partial charge in [0.15, 0.2) is 5.58 Å². The van der Waals surface area contributed by atoms with Crippen molar-refractivity contribution >= 4 is 11.1 Å². The zero-order valence-corrected chi connectivity index (χ0v) is 10.1. The van der Waals surface area contributed by atoms with E-state index < -0.39 is 0 Å². The number of fused-ring (bicyclic) bond motifs is 1. The highest BCUT2D eigenvalue weighted by molar-refractivity contribution is 5.72. The van der Waals surface area contributed by atoms with Gasteiger partial charge in [-0.2, -0.15) is 0 Å². The monoisotopic (exact) mass is 230 g/mol. The highest BCUT2D eigenvalue weighted by Gasteiger charge is 2.36. The maximum Gasteiger partial charge on any atom is 0.215 e. The van der Waals surface area contributed by atoms with Gasteiger partial charge in [0.2, 0.25) is 5.89 Å². The molecule has 0 aliphatic heterocycles. The summed E-state index contributed by atoms with van der Waals surface area (Å²) in [5, 5.41) is 0. The van der Waals surface area contributed by atoms with Crippen molar-refractivity contribution in [2.24, 2.45) is 11.7 Å². The van der Waals surface area contributed by atoms with Crippen LogP contribution in [0.2, 0.25) is 0 Å². The van der Waals surface area contributed by atoms with Crippen molar-refractivity contribution in [3.05, 3.63) is 30.2 Å². The lowest BCUT2D eigenvalue weighted by Gasteiger charge is -2.33. The number of hydrogen-bond acceptors (Lipinski definition) is 3. The van der Waals surface area contributed by atoms with E-state index in [-0.39, 0.29) is 5.54 Å². The molecule has 0 atom stereocenters. The first-order valence-electron chi connectivity index (χ1n) is 6.32. The lowest BCUT2D eigenvalue weighted by Crippen LogP contribution is -2.40. The van der Waals surface area contributed by atoms with E-state index in [1.165, 1.54) is 0 Å². The van der Waals surface area contributed by atoms with Crippen molar-refractivity contribution in [2.45, 2.75) is 38.1 Å². The minimum Gasteiger partial charge on any atom is -0.439 e. The van der Waals surface area contributed by atoms with Gasteiger partial charge in [0.25, 0.3) is 0 Å². The van der Waals surface area contributed by atoms with Crippen LogP contribution in [0.5, 0.6) is 0 Å². The summed E-state index contributed by atoms with van der Waals surface area (Å²) in [4.78, 5) is 4.54. The quantitative estimate of drug-likeness (QED) is 0.818. The van der Waals surface area contributed by atoms with Gasteiger partial charge in [-0.25, -0.2) is 4.98 Å². The summed E-state index contributed by atoms with van der Waals surface area (Å²) < 4.78 is 5.81. The van der Waals surface area contributed by atoms with Gasteiger partial charge in [-0.15, -0.1) is 0 Å². The Kier molecular flexibility index (Phi) is 2.44. The molecular formula is C14H18N2O. The van der Waals surface area contributed by atoms with Gasteiger partial charge in [0.05, 0.1) is 5.54 Å². The fourth-order valence-corrected chi connectivity index (χ4v) is 2.58. The highest BCUT2D eigenvalue weighted by atomic mass is 16.4. The molecule has 2 aromatic rings. The van der Waals surface area contributed by atoms with Crippen LogP contribution in [0, 0.1) is 5.92 Å². The molecule has 3 nitrogen and oxygen atoms in total. The Labute approximate surface area is 101 Å². The Morgan fingerprint density at radius 1 is 1.29 bits per heavy atom. The van der Waals surface area contributed by atoms with Gasteiger partial charge < -0.3 is 10.2 Å². The number of aromatic nitrogens is 1. The molecule has 90 valence electrons. The van der Waals surface area contributed by atoms with E-state index in [1.54, 1.807) is 0 Å². The number of hydrogen-bond donors (Lipinski definition) is 1. The molecule has 0 unspecified atom stereocenters. The summed E-state index contributed by atoms with van der Waals surface area (Å²) in [6, 6.07) is 7.85. The Morgan fingerprint density at radius 3 is 2.71 bits per heavy atom. The van der Waals surface area contributed by atoms with Crippen molar-refractivity contribution in [3.8, 4) is 0 Å². The van der Waals surface area contributed by atoms with E-state index in [2.05, 4.69) is 11.9 Å². The van der Waals surface area contributed by atoms with Crippen LogP contribution >= 0.6 is 0 Å². The third-order valence-electron chi connectivity index (χ3n) is 3.89. The van der Waals surface area contributed by atoms with Gasteiger partial charge in [0, 0.05) is 0 Å². The summed E-state index contributed by atoms with van der Waals surface area (Å²) in [7, 11) is 0. The highest BCUT2D eigenvalue weighted by Crippen LogP contribution is 2.37. The van der Waals surface area contributed by atoms with Gasteiger partial charge >= 0.3 is 0 Å². The predicted octanol–water partition coefficient (Wildman–Crippen LogP) is 3.19. The van der Waals surface area contributed by atoms with Crippen molar-refractivity contribution in [3.63, 3.8) is 0 Å². The molecule has 3 rings (SSSR count). The average Bonchev–Trinajstić information content (AvgIpc) is 2.77. The van der Waals surface area contributed by atoms with Crippen LogP contribution in [-0.4, -0.2) is 4.98 Å². The predicted molar refractivity (Wildman–Crippen MR) is 67.5 cm³/mol. The standard InChI is InChI=1S/C14H18N2O/c1-10-6-8-14(15,9-7-10)13-16-11-4-2-3-5-12(11)17-13/h2-5,10H,6-9,15H2,1H3. The largest absolute Gasteiger partial charge is 0.439 e. The zero-order valence-electron chi connectivity index (χ0n) is 10.1. The first-order valence-corrected chi connectivity index (χ1v) is 6.32. The molecule has 3 heteroatoms. The topological polar surface area (TPSA) is 52.0 Å². The van der Waals surface area contributed by atoms with Crippen LogP contribution in [0.15, 0.2) is 28.7 Å². The molecule has 0 amide bonds. The maximum atomic E-state index is 6.45. The van der Waals surface area contributed by atoms with E-state index in [0.717, 1.165) is 42.7 Å². The average molecular weight is 230 g/mol. The molecule has 17 heavy (non-hydrogen) atoms. The third kappa shape index (κ3) is 1.84. The lowest BCUT2D eigenvalue weighted by atomic mass is 9.78.